The summed E-state index contributed by atoms with van der Waals surface area (Å²) < 4.78 is 25.6. The summed E-state index contributed by atoms with van der Waals surface area (Å²) in [6.45, 7) is 3.80. The van der Waals surface area contributed by atoms with Crippen molar-refractivity contribution in [3.63, 3.8) is 0 Å². The highest BCUT2D eigenvalue weighted by Crippen LogP contribution is 2.12. The summed E-state index contributed by atoms with van der Waals surface area (Å²) in [6, 6.07) is 1.73. The molecule has 1 fully saturated rings. The SMILES string of the molecule is CCCS(=O)(=O)N1CCCN(C(=O)c2cc[nH]c2)CC1. The lowest BCUT2D eigenvalue weighted by Crippen LogP contribution is -2.38. The van der Waals surface area contributed by atoms with Crippen LogP contribution in [0.4, 0.5) is 0 Å². The molecule has 1 N–H and O–H groups in total. The van der Waals surface area contributed by atoms with Crippen molar-refractivity contribution in [2.24, 2.45) is 0 Å². The Bertz CT molecular complexity index is 539. The summed E-state index contributed by atoms with van der Waals surface area (Å²) in [6.07, 6.45) is 4.67. The van der Waals surface area contributed by atoms with Crippen LogP contribution in [0.3, 0.4) is 0 Å². The van der Waals surface area contributed by atoms with Gasteiger partial charge in [-0.3, -0.25) is 4.79 Å². The van der Waals surface area contributed by atoms with Crippen LogP contribution >= 0.6 is 0 Å². The number of carbonyl (C=O) groups is 1. The summed E-state index contributed by atoms with van der Waals surface area (Å²) in [4.78, 5) is 16.8. The average molecular weight is 299 g/mol. The van der Waals surface area contributed by atoms with E-state index in [1.54, 1.807) is 23.4 Å². The first-order valence-electron chi connectivity index (χ1n) is 6.94. The molecule has 1 amide bonds. The zero-order valence-corrected chi connectivity index (χ0v) is 12.5. The second-order valence-corrected chi connectivity index (χ2v) is 7.05. The second-order valence-electron chi connectivity index (χ2n) is 4.96. The summed E-state index contributed by atoms with van der Waals surface area (Å²) >= 11 is 0. The zero-order chi connectivity index (χ0) is 14.6. The molecule has 2 rings (SSSR count). The quantitative estimate of drug-likeness (QED) is 0.898. The molecule has 0 aliphatic carbocycles. The van der Waals surface area contributed by atoms with Crippen molar-refractivity contribution in [3.8, 4) is 0 Å². The van der Waals surface area contributed by atoms with E-state index in [0.717, 1.165) is 0 Å². The topological polar surface area (TPSA) is 73.5 Å². The highest BCUT2D eigenvalue weighted by molar-refractivity contribution is 7.89. The molecular weight excluding hydrogens is 278 g/mol. The monoisotopic (exact) mass is 299 g/mol. The average Bonchev–Trinajstić information content (AvgIpc) is 2.81. The van der Waals surface area contributed by atoms with Gasteiger partial charge >= 0.3 is 0 Å². The smallest absolute Gasteiger partial charge is 0.255 e. The molecule has 0 unspecified atom stereocenters. The van der Waals surface area contributed by atoms with Crippen molar-refractivity contribution in [3.05, 3.63) is 24.0 Å². The summed E-state index contributed by atoms with van der Waals surface area (Å²) in [5, 5.41) is 0. The van der Waals surface area contributed by atoms with Crippen LogP contribution in [0.1, 0.15) is 30.1 Å². The van der Waals surface area contributed by atoms with Gasteiger partial charge in [0.1, 0.15) is 0 Å². The van der Waals surface area contributed by atoms with Gasteiger partial charge in [-0.15, -0.1) is 0 Å². The van der Waals surface area contributed by atoms with Gasteiger partial charge in [0.2, 0.25) is 10.0 Å². The van der Waals surface area contributed by atoms with E-state index >= 15 is 0 Å². The number of H-pyrrole nitrogens is 1. The van der Waals surface area contributed by atoms with Crippen LogP contribution in [0.25, 0.3) is 0 Å². The maximum atomic E-state index is 12.2. The third kappa shape index (κ3) is 3.40. The predicted molar refractivity (Wildman–Crippen MR) is 77.0 cm³/mol. The Morgan fingerprint density at radius 3 is 2.75 bits per heavy atom. The Kier molecular flexibility index (Phi) is 4.82. The number of aromatic nitrogens is 1. The molecule has 0 saturated carbocycles. The summed E-state index contributed by atoms with van der Waals surface area (Å²) in [7, 11) is -3.17. The Morgan fingerprint density at radius 1 is 1.30 bits per heavy atom. The second kappa shape index (κ2) is 6.41. The van der Waals surface area contributed by atoms with Gasteiger partial charge in [0.25, 0.3) is 5.91 Å². The number of hydrogen-bond donors (Lipinski definition) is 1. The predicted octanol–water partition coefficient (Wildman–Crippen LogP) is 0.902. The minimum Gasteiger partial charge on any atom is -0.367 e. The largest absolute Gasteiger partial charge is 0.367 e. The van der Waals surface area contributed by atoms with E-state index < -0.39 is 10.0 Å². The number of carbonyl (C=O) groups excluding carboxylic acids is 1. The number of hydrogen-bond acceptors (Lipinski definition) is 3. The lowest BCUT2D eigenvalue weighted by molar-refractivity contribution is 0.0764. The maximum Gasteiger partial charge on any atom is 0.255 e. The first-order valence-corrected chi connectivity index (χ1v) is 8.55. The molecule has 1 aromatic heterocycles. The van der Waals surface area contributed by atoms with Crippen LogP contribution in [0, 0.1) is 0 Å². The van der Waals surface area contributed by atoms with Crippen LogP contribution < -0.4 is 0 Å². The molecule has 1 saturated heterocycles. The minimum absolute atomic E-state index is 0.0408. The molecule has 0 atom stereocenters. The van der Waals surface area contributed by atoms with Crippen molar-refractivity contribution in [2.75, 3.05) is 31.9 Å². The van der Waals surface area contributed by atoms with Crippen LogP contribution in [0.15, 0.2) is 18.5 Å². The molecule has 20 heavy (non-hydrogen) atoms. The molecule has 0 spiro atoms. The first-order chi connectivity index (χ1) is 9.54. The highest BCUT2D eigenvalue weighted by Gasteiger charge is 2.26. The zero-order valence-electron chi connectivity index (χ0n) is 11.7. The Labute approximate surface area is 119 Å². The van der Waals surface area contributed by atoms with Gasteiger partial charge in [-0.05, 0) is 18.9 Å². The molecule has 1 aliphatic rings. The number of aromatic amines is 1. The Hall–Kier alpha value is -1.34. The molecule has 7 heteroatoms. The fourth-order valence-corrected chi connectivity index (χ4v) is 3.94. The molecule has 0 aromatic carbocycles. The normalized spacial score (nSPS) is 17.9. The van der Waals surface area contributed by atoms with Crippen molar-refractivity contribution in [2.45, 2.75) is 19.8 Å². The van der Waals surface area contributed by atoms with Crippen LogP contribution in [0.2, 0.25) is 0 Å². The van der Waals surface area contributed by atoms with E-state index in [2.05, 4.69) is 4.98 Å². The van der Waals surface area contributed by atoms with E-state index in [4.69, 9.17) is 0 Å². The molecule has 6 nitrogen and oxygen atoms in total. The van der Waals surface area contributed by atoms with Gasteiger partial charge < -0.3 is 9.88 Å². The van der Waals surface area contributed by atoms with Gasteiger partial charge in [-0.25, -0.2) is 12.7 Å². The summed E-state index contributed by atoms with van der Waals surface area (Å²) in [5.41, 5.74) is 0.620. The molecular formula is C13H21N3O3S. The van der Waals surface area contributed by atoms with Crippen molar-refractivity contribution in [1.29, 1.82) is 0 Å². The lowest BCUT2D eigenvalue weighted by Gasteiger charge is -2.21. The van der Waals surface area contributed by atoms with E-state index in [0.29, 0.717) is 44.6 Å². The third-order valence-electron chi connectivity index (χ3n) is 3.44. The minimum atomic E-state index is -3.17. The molecule has 1 aromatic rings. The number of rotatable bonds is 4. The number of amides is 1. The van der Waals surface area contributed by atoms with Gasteiger partial charge in [-0.2, -0.15) is 0 Å². The Morgan fingerprint density at radius 2 is 2.10 bits per heavy atom. The number of sulfonamides is 1. The fourth-order valence-electron chi connectivity index (χ4n) is 2.40. The maximum absolute atomic E-state index is 12.2. The fraction of sp³-hybridized carbons (Fsp3) is 0.615. The van der Waals surface area contributed by atoms with Crippen molar-refractivity contribution >= 4 is 15.9 Å². The van der Waals surface area contributed by atoms with Crippen LogP contribution in [0.5, 0.6) is 0 Å². The van der Waals surface area contributed by atoms with E-state index in [-0.39, 0.29) is 11.7 Å². The van der Waals surface area contributed by atoms with Crippen LogP contribution in [-0.2, 0) is 10.0 Å². The molecule has 1 aliphatic heterocycles. The van der Waals surface area contributed by atoms with Crippen molar-refractivity contribution < 1.29 is 13.2 Å². The molecule has 0 bridgehead atoms. The first kappa shape index (κ1) is 15.1. The van der Waals surface area contributed by atoms with E-state index in [9.17, 15) is 13.2 Å². The molecule has 0 radical (unpaired) electrons. The molecule has 112 valence electrons. The van der Waals surface area contributed by atoms with Crippen molar-refractivity contribution in [1.82, 2.24) is 14.2 Å². The highest BCUT2D eigenvalue weighted by atomic mass is 32.2. The number of nitrogens with one attached hydrogen (secondary N) is 1. The van der Waals surface area contributed by atoms with Gasteiger partial charge in [0.05, 0.1) is 11.3 Å². The van der Waals surface area contributed by atoms with Gasteiger partial charge in [0, 0.05) is 38.6 Å². The Balaban J connectivity index is 2.01. The van der Waals surface area contributed by atoms with E-state index in [1.807, 2.05) is 6.92 Å². The standard InChI is InChI=1S/C13H21N3O3S/c1-2-10-20(18,19)16-7-3-6-15(8-9-16)13(17)12-4-5-14-11-12/h4-5,11,14H,2-3,6-10H2,1H3. The van der Waals surface area contributed by atoms with Crippen LogP contribution in [-0.4, -0.2) is 60.4 Å². The van der Waals surface area contributed by atoms with E-state index in [1.165, 1.54) is 4.31 Å². The lowest BCUT2D eigenvalue weighted by atomic mass is 10.3. The summed E-state index contributed by atoms with van der Waals surface area (Å²) in [5.74, 6) is 0.139. The van der Waals surface area contributed by atoms with Gasteiger partial charge in [-0.1, -0.05) is 6.92 Å². The molecule has 2 heterocycles. The van der Waals surface area contributed by atoms with Gasteiger partial charge in [0.15, 0.2) is 0 Å². The number of nitrogens with zero attached hydrogens (tertiary/aromatic N) is 2. The third-order valence-corrected chi connectivity index (χ3v) is 5.52.